The Hall–Kier alpha value is -1.67. The minimum Gasteiger partial charge on any atom is -0.496 e. The van der Waals surface area contributed by atoms with E-state index in [1.165, 1.54) is 11.8 Å². The fourth-order valence-electron chi connectivity index (χ4n) is 1.52. The van der Waals surface area contributed by atoms with Crippen molar-refractivity contribution in [2.75, 3.05) is 7.11 Å². The van der Waals surface area contributed by atoms with Gasteiger partial charge in [0.25, 0.3) is 0 Å². The average Bonchev–Trinajstić information content (AvgIpc) is 2.38. The lowest BCUT2D eigenvalue weighted by Gasteiger charge is -2.12. The molecule has 1 atom stereocenters. The van der Waals surface area contributed by atoms with Crippen LogP contribution in [0, 0.1) is 11.3 Å². The molecule has 1 rings (SSSR count). The van der Waals surface area contributed by atoms with Gasteiger partial charge in [-0.25, -0.2) is 0 Å². The molecule has 0 heterocycles. The summed E-state index contributed by atoms with van der Waals surface area (Å²) in [5, 5.41) is 17.4. The van der Waals surface area contributed by atoms with Gasteiger partial charge in [0.1, 0.15) is 11.0 Å². The number of carbonyl (C=O) groups is 1. The first-order chi connectivity index (χ1) is 8.62. The van der Waals surface area contributed by atoms with Crippen LogP contribution in [0.5, 0.6) is 5.75 Å². The van der Waals surface area contributed by atoms with Gasteiger partial charge >= 0.3 is 5.97 Å². The third-order valence-electron chi connectivity index (χ3n) is 2.50. The fraction of sp³-hybridized carbons (Fsp3) is 0.385. The van der Waals surface area contributed by atoms with E-state index in [-0.39, 0.29) is 0 Å². The Morgan fingerprint density at radius 1 is 1.61 bits per heavy atom. The van der Waals surface area contributed by atoms with E-state index in [1.807, 2.05) is 6.92 Å². The first kappa shape index (κ1) is 14.4. The summed E-state index contributed by atoms with van der Waals surface area (Å²) >= 11 is 1.34. The van der Waals surface area contributed by atoms with E-state index in [0.717, 1.165) is 5.56 Å². The number of thioether (sulfide) groups is 1. The Labute approximate surface area is 111 Å². The van der Waals surface area contributed by atoms with E-state index in [9.17, 15) is 4.79 Å². The molecule has 0 aliphatic carbocycles. The van der Waals surface area contributed by atoms with Crippen LogP contribution in [0.15, 0.2) is 18.2 Å². The Balaban J connectivity index is 2.82. The topological polar surface area (TPSA) is 70.3 Å². The molecule has 1 N–H and O–H groups in total. The van der Waals surface area contributed by atoms with Crippen LogP contribution in [0.2, 0.25) is 0 Å². The number of rotatable bonds is 6. The lowest BCUT2D eigenvalue weighted by Crippen LogP contribution is -2.15. The van der Waals surface area contributed by atoms with Crippen LogP contribution in [0.25, 0.3) is 0 Å². The number of nitriles is 1. The predicted molar refractivity (Wildman–Crippen MR) is 70.7 cm³/mol. The summed E-state index contributed by atoms with van der Waals surface area (Å²) in [5.74, 6) is 0.392. The van der Waals surface area contributed by atoms with Crippen LogP contribution in [0.1, 0.15) is 24.5 Å². The van der Waals surface area contributed by atoms with Gasteiger partial charge < -0.3 is 9.84 Å². The summed E-state index contributed by atoms with van der Waals surface area (Å²) < 4.78 is 5.20. The van der Waals surface area contributed by atoms with Gasteiger partial charge in [-0.05, 0) is 24.6 Å². The highest BCUT2D eigenvalue weighted by atomic mass is 32.2. The van der Waals surface area contributed by atoms with Crippen LogP contribution in [0.4, 0.5) is 0 Å². The van der Waals surface area contributed by atoms with Gasteiger partial charge in [0.2, 0.25) is 0 Å². The summed E-state index contributed by atoms with van der Waals surface area (Å²) in [7, 11) is 1.56. The zero-order chi connectivity index (χ0) is 13.5. The third kappa shape index (κ3) is 3.67. The maximum absolute atomic E-state index is 10.9. The molecule has 0 spiro atoms. The number of carboxylic acids is 1. The number of ether oxygens (including phenoxy) is 1. The first-order valence-corrected chi connectivity index (χ1v) is 6.58. The largest absolute Gasteiger partial charge is 0.496 e. The van der Waals surface area contributed by atoms with Crippen LogP contribution in [-0.2, 0) is 10.5 Å². The molecule has 0 aromatic heterocycles. The monoisotopic (exact) mass is 265 g/mol. The van der Waals surface area contributed by atoms with Gasteiger partial charge in [0.15, 0.2) is 0 Å². The molecule has 18 heavy (non-hydrogen) atoms. The minimum atomic E-state index is -0.807. The molecule has 0 saturated heterocycles. The van der Waals surface area contributed by atoms with Crippen molar-refractivity contribution in [2.45, 2.75) is 24.3 Å². The first-order valence-electron chi connectivity index (χ1n) is 5.53. The summed E-state index contributed by atoms with van der Waals surface area (Å²) in [6, 6.07) is 7.21. The second-order valence-corrected chi connectivity index (χ2v) is 4.88. The average molecular weight is 265 g/mol. The van der Waals surface area contributed by atoms with Gasteiger partial charge in [-0.1, -0.05) is 6.92 Å². The number of aliphatic carboxylic acids is 1. The van der Waals surface area contributed by atoms with Gasteiger partial charge in [0.05, 0.1) is 18.7 Å². The maximum atomic E-state index is 10.9. The predicted octanol–water partition coefficient (Wildman–Crippen LogP) is 2.66. The number of hydrogen-bond donors (Lipinski definition) is 1. The quantitative estimate of drug-likeness (QED) is 0.856. The van der Waals surface area contributed by atoms with Crippen molar-refractivity contribution < 1.29 is 14.6 Å². The molecule has 0 saturated carbocycles. The summed E-state index contributed by atoms with van der Waals surface area (Å²) in [5.41, 5.74) is 1.40. The van der Waals surface area contributed by atoms with Crippen molar-refractivity contribution in [3.63, 3.8) is 0 Å². The Bertz CT molecular complexity index is 468. The van der Waals surface area contributed by atoms with E-state index in [2.05, 4.69) is 6.07 Å². The van der Waals surface area contributed by atoms with Gasteiger partial charge in [-0.3, -0.25) is 4.79 Å². The zero-order valence-electron chi connectivity index (χ0n) is 10.3. The Morgan fingerprint density at radius 2 is 2.33 bits per heavy atom. The smallest absolute Gasteiger partial charge is 0.316 e. The zero-order valence-corrected chi connectivity index (χ0v) is 11.2. The van der Waals surface area contributed by atoms with Crippen molar-refractivity contribution in [2.24, 2.45) is 0 Å². The molecule has 0 amide bonds. The molecule has 0 radical (unpaired) electrons. The summed E-state index contributed by atoms with van der Waals surface area (Å²) in [6.45, 7) is 1.84. The maximum Gasteiger partial charge on any atom is 0.316 e. The van der Waals surface area contributed by atoms with Gasteiger partial charge in [0, 0.05) is 11.3 Å². The lowest BCUT2D eigenvalue weighted by molar-refractivity contribution is -0.136. The fourth-order valence-corrected chi connectivity index (χ4v) is 2.50. The van der Waals surface area contributed by atoms with Crippen molar-refractivity contribution in [3.05, 3.63) is 29.3 Å². The van der Waals surface area contributed by atoms with Gasteiger partial charge in [-0.2, -0.15) is 5.26 Å². The molecule has 0 bridgehead atoms. The number of benzene rings is 1. The van der Waals surface area contributed by atoms with Crippen LogP contribution in [-0.4, -0.2) is 23.4 Å². The highest BCUT2D eigenvalue weighted by Crippen LogP contribution is 2.27. The number of carboxylic acid groups (broad SMARTS) is 1. The molecule has 0 fully saturated rings. The van der Waals surface area contributed by atoms with Crippen LogP contribution >= 0.6 is 11.8 Å². The molecule has 5 heteroatoms. The molecular weight excluding hydrogens is 250 g/mol. The van der Waals surface area contributed by atoms with Crippen molar-refractivity contribution in [1.82, 2.24) is 0 Å². The molecule has 0 aliphatic rings. The molecular formula is C13H15NO3S. The molecule has 0 aliphatic heterocycles. The minimum absolute atomic E-state index is 0.430. The van der Waals surface area contributed by atoms with Crippen molar-refractivity contribution in [1.29, 1.82) is 5.26 Å². The van der Waals surface area contributed by atoms with E-state index < -0.39 is 11.2 Å². The van der Waals surface area contributed by atoms with E-state index >= 15 is 0 Å². The van der Waals surface area contributed by atoms with Crippen LogP contribution < -0.4 is 4.74 Å². The molecule has 96 valence electrons. The van der Waals surface area contributed by atoms with Crippen molar-refractivity contribution in [3.8, 4) is 11.8 Å². The van der Waals surface area contributed by atoms with E-state index in [1.54, 1.807) is 25.3 Å². The Morgan fingerprint density at radius 3 is 2.83 bits per heavy atom. The number of methoxy groups -OCH3 is 1. The standard InChI is InChI=1S/C13H15NO3S/c1-3-12(13(15)16)18-8-10-6-9(7-14)4-5-11(10)17-2/h4-6,12H,3,8H2,1-2H3,(H,15,16). The highest BCUT2D eigenvalue weighted by molar-refractivity contribution is 7.99. The second kappa shape index (κ2) is 6.92. The molecule has 1 aromatic rings. The SMILES string of the molecule is CCC(SCc1cc(C#N)ccc1OC)C(=O)O. The normalized spacial score (nSPS) is 11.6. The van der Waals surface area contributed by atoms with E-state index in [0.29, 0.717) is 23.5 Å². The molecule has 1 unspecified atom stereocenters. The van der Waals surface area contributed by atoms with Crippen molar-refractivity contribution >= 4 is 17.7 Å². The highest BCUT2D eigenvalue weighted by Gasteiger charge is 2.16. The molecule has 4 nitrogen and oxygen atoms in total. The number of hydrogen-bond acceptors (Lipinski definition) is 4. The third-order valence-corrected chi connectivity index (χ3v) is 3.91. The van der Waals surface area contributed by atoms with Gasteiger partial charge in [-0.15, -0.1) is 11.8 Å². The summed E-state index contributed by atoms with van der Waals surface area (Å²) in [4.78, 5) is 10.9. The Kier molecular flexibility index (Phi) is 5.53. The van der Waals surface area contributed by atoms with E-state index in [4.69, 9.17) is 15.1 Å². The lowest BCUT2D eigenvalue weighted by atomic mass is 10.1. The molecule has 1 aromatic carbocycles. The summed E-state index contributed by atoms with van der Waals surface area (Å²) in [6.07, 6.45) is 0.570. The number of nitrogens with zero attached hydrogens (tertiary/aromatic N) is 1. The second-order valence-electron chi connectivity index (χ2n) is 3.68. The van der Waals surface area contributed by atoms with Crippen LogP contribution in [0.3, 0.4) is 0 Å².